The Bertz CT molecular complexity index is 1120. The average molecular weight is 459 g/mol. The van der Waals surface area contributed by atoms with Crippen LogP contribution in [0, 0.1) is 0 Å². The molecule has 0 atom stereocenters. The predicted octanol–water partition coefficient (Wildman–Crippen LogP) is 4.14. The Morgan fingerprint density at radius 2 is 1.84 bits per heavy atom. The van der Waals surface area contributed by atoms with Crippen LogP contribution >= 0.6 is 0 Å². The number of benzene rings is 1. The van der Waals surface area contributed by atoms with Gasteiger partial charge in [0, 0.05) is 36.9 Å². The van der Waals surface area contributed by atoms with Crippen LogP contribution in [0.1, 0.15) is 81.5 Å². The first-order valence-electron chi connectivity index (χ1n) is 11.6. The first-order valence-corrected chi connectivity index (χ1v) is 13.1. The van der Waals surface area contributed by atoms with Crippen molar-refractivity contribution in [3.63, 3.8) is 0 Å². The Kier molecular flexibility index (Phi) is 5.96. The van der Waals surface area contributed by atoms with E-state index in [1.165, 1.54) is 4.31 Å². The lowest BCUT2D eigenvalue weighted by Crippen LogP contribution is -2.36. The molecule has 0 radical (unpaired) electrons. The molecule has 1 fully saturated rings. The fraction of sp³-hybridized carbons (Fsp3) is 0.583. The van der Waals surface area contributed by atoms with Crippen molar-refractivity contribution in [2.75, 3.05) is 24.5 Å². The van der Waals surface area contributed by atoms with Crippen molar-refractivity contribution in [2.24, 2.45) is 0 Å². The minimum Gasteiger partial charge on any atom is -0.307 e. The Labute approximate surface area is 191 Å². The van der Waals surface area contributed by atoms with E-state index >= 15 is 0 Å². The topological polar surface area (TPSA) is 75.5 Å². The van der Waals surface area contributed by atoms with Gasteiger partial charge >= 0.3 is 0 Å². The normalized spacial score (nSPS) is 17.0. The summed E-state index contributed by atoms with van der Waals surface area (Å²) < 4.78 is 29.4. The monoisotopic (exact) mass is 458 g/mol. The number of carbonyl (C=O) groups is 1. The molecule has 1 aromatic heterocycles. The molecule has 7 nitrogen and oxygen atoms in total. The standard InChI is InChI=1S/C24H34N4O3S/c1-6-26(7-2)32(30,31)19-12-13-21-18(15-19)9-8-14-27(21)23(29)20-16-22(17-10-11-17)28(25-20)24(3,4)5/h12-13,15-17H,6-11,14H2,1-5H3. The summed E-state index contributed by atoms with van der Waals surface area (Å²) in [5.74, 6) is 0.375. The van der Waals surface area contributed by atoms with Gasteiger partial charge in [-0.15, -0.1) is 0 Å². The van der Waals surface area contributed by atoms with E-state index in [1.54, 1.807) is 23.1 Å². The quantitative estimate of drug-likeness (QED) is 0.652. The lowest BCUT2D eigenvalue weighted by Gasteiger charge is -2.30. The Balaban J connectivity index is 1.67. The molecule has 2 aliphatic rings. The molecule has 1 amide bonds. The van der Waals surface area contributed by atoms with Crippen LogP contribution in [0.3, 0.4) is 0 Å². The zero-order valence-electron chi connectivity index (χ0n) is 19.8. The van der Waals surface area contributed by atoms with Gasteiger partial charge in [-0.25, -0.2) is 8.42 Å². The molecule has 174 valence electrons. The van der Waals surface area contributed by atoms with E-state index in [-0.39, 0.29) is 11.4 Å². The second kappa shape index (κ2) is 8.30. The third kappa shape index (κ3) is 4.10. The van der Waals surface area contributed by atoms with Crippen molar-refractivity contribution in [1.82, 2.24) is 14.1 Å². The van der Waals surface area contributed by atoms with E-state index < -0.39 is 10.0 Å². The van der Waals surface area contributed by atoms with Crippen LogP contribution in [0.4, 0.5) is 5.69 Å². The highest BCUT2D eigenvalue weighted by atomic mass is 32.2. The predicted molar refractivity (Wildman–Crippen MR) is 126 cm³/mol. The summed E-state index contributed by atoms with van der Waals surface area (Å²) in [4.78, 5) is 15.6. The van der Waals surface area contributed by atoms with E-state index in [2.05, 4.69) is 20.8 Å². The van der Waals surface area contributed by atoms with Gasteiger partial charge in [-0.1, -0.05) is 13.8 Å². The van der Waals surface area contributed by atoms with E-state index in [4.69, 9.17) is 5.10 Å². The van der Waals surface area contributed by atoms with Crippen LogP contribution in [0.15, 0.2) is 29.2 Å². The molecule has 1 aromatic carbocycles. The summed E-state index contributed by atoms with van der Waals surface area (Å²) in [5.41, 5.74) is 3.10. The number of aryl methyl sites for hydroxylation is 1. The van der Waals surface area contributed by atoms with Crippen molar-refractivity contribution in [2.45, 2.75) is 76.7 Å². The van der Waals surface area contributed by atoms with Crippen LogP contribution < -0.4 is 4.90 Å². The minimum absolute atomic E-state index is 0.116. The number of hydrogen-bond donors (Lipinski definition) is 0. The van der Waals surface area contributed by atoms with Crippen LogP contribution in [0.5, 0.6) is 0 Å². The number of anilines is 1. The van der Waals surface area contributed by atoms with Gasteiger partial charge in [0.1, 0.15) is 0 Å². The molecule has 1 saturated carbocycles. The van der Waals surface area contributed by atoms with Crippen molar-refractivity contribution >= 4 is 21.6 Å². The Morgan fingerprint density at radius 1 is 1.16 bits per heavy atom. The zero-order chi connectivity index (χ0) is 23.3. The molecule has 2 aromatic rings. The summed E-state index contributed by atoms with van der Waals surface area (Å²) in [6.45, 7) is 11.5. The molecule has 0 saturated heterocycles. The number of amides is 1. The van der Waals surface area contributed by atoms with Gasteiger partial charge in [0.05, 0.1) is 10.4 Å². The molecule has 8 heteroatoms. The van der Waals surface area contributed by atoms with E-state index in [0.29, 0.717) is 36.1 Å². The number of hydrogen-bond acceptors (Lipinski definition) is 4. The number of aromatic nitrogens is 2. The summed E-state index contributed by atoms with van der Waals surface area (Å²) in [6, 6.07) is 7.11. The van der Waals surface area contributed by atoms with Crippen LogP contribution in [0.2, 0.25) is 0 Å². The smallest absolute Gasteiger partial charge is 0.278 e. The van der Waals surface area contributed by atoms with Gasteiger partial charge in [-0.2, -0.15) is 9.40 Å². The molecule has 0 bridgehead atoms. The highest BCUT2D eigenvalue weighted by Gasteiger charge is 2.34. The van der Waals surface area contributed by atoms with Gasteiger partial charge < -0.3 is 4.90 Å². The average Bonchev–Trinajstić information content (AvgIpc) is 3.49. The van der Waals surface area contributed by atoms with Crippen molar-refractivity contribution in [3.05, 3.63) is 41.2 Å². The molecule has 0 N–H and O–H groups in total. The molecule has 4 rings (SSSR count). The van der Waals surface area contributed by atoms with Crippen molar-refractivity contribution < 1.29 is 13.2 Å². The van der Waals surface area contributed by atoms with E-state index in [9.17, 15) is 13.2 Å². The maximum atomic E-state index is 13.5. The minimum atomic E-state index is -3.53. The number of rotatable bonds is 6. The first kappa shape index (κ1) is 23.0. The van der Waals surface area contributed by atoms with E-state index in [1.807, 2.05) is 24.6 Å². The highest BCUT2D eigenvalue weighted by Crippen LogP contribution is 2.42. The number of sulfonamides is 1. The molecule has 0 unspecified atom stereocenters. The fourth-order valence-electron chi connectivity index (χ4n) is 4.50. The lowest BCUT2D eigenvalue weighted by molar-refractivity contribution is 0.0978. The SMILES string of the molecule is CCN(CC)S(=O)(=O)c1ccc2c(c1)CCCN2C(=O)c1cc(C2CC2)n(C(C)(C)C)n1. The summed E-state index contributed by atoms with van der Waals surface area (Å²) in [7, 11) is -3.53. The molecular weight excluding hydrogens is 424 g/mol. The largest absolute Gasteiger partial charge is 0.307 e. The Hall–Kier alpha value is -2.19. The number of fused-ring (bicyclic) bond motifs is 1. The van der Waals surface area contributed by atoms with Crippen LogP contribution in [0.25, 0.3) is 0 Å². The molecular formula is C24H34N4O3S. The fourth-order valence-corrected chi connectivity index (χ4v) is 6.01. The highest BCUT2D eigenvalue weighted by molar-refractivity contribution is 7.89. The second-order valence-corrected chi connectivity index (χ2v) is 11.7. The van der Waals surface area contributed by atoms with Gasteiger partial charge in [0.15, 0.2) is 5.69 Å². The number of carbonyl (C=O) groups excluding carboxylic acids is 1. The molecule has 32 heavy (non-hydrogen) atoms. The maximum absolute atomic E-state index is 13.5. The third-order valence-corrected chi connectivity index (χ3v) is 8.39. The maximum Gasteiger partial charge on any atom is 0.278 e. The molecule has 0 spiro atoms. The third-order valence-electron chi connectivity index (χ3n) is 6.34. The zero-order valence-corrected chi connectivity index (χ0v) is 20.6. The molecule has 2 heterocycles. The summed E-state index contributed by atoms with van der Waals surface area (Å²) in [5, 5.41) is 4.72. The molecule has 1 aliphatic carbocycles. The second-order valence-electron chi connectivity index (χ2n) is 9.75. The van der Waals surface area contributed by atoms with Crippen LogP contribution in [-0.4, -0.2) is 48.0 Å². The van der Waals surface area contributed by atoms with Crippen molar-refractivity contribution in [1.29, 1.82) is 0 Å². The first-order chi connectivity index (χ1) is 15.1. The van der Waals surface area contributed by atoms with Gasteiger partial charge in [-0.05, 0) is 76.3 Å². The van der Waals surface area contributed by atoms with E-state index in [0.717, 1.165) is 42.6 Å². The Morgan fingerprint density at radius 3 is 2.44 bits per heavy atom. The van der Waals surface area contributed by atoms with Gasteiger partial charge in [-0.3, -0.25) is 9.48 Å². The summed E-state index contributed by atoms with van der Waals surface area (Å²) >= 11 is 0. The molecule has 1 aliphatic heterocycles. The van der Waals surface area contributed by atoms with Gasteiger partial charge in [0.25, 0.3) is 5.91 Å². The van der Waals surface area contributed by atoms with Gasteiger partial charge in [0.2, 0.25) is 10.0 Å². The van der Waals surface area contributed by atoms with Crippen molar-refractivity contribution in [3.8, 4) is 0 Å². The summed E-state index contributed by atoms with van der Waals surface area (Å²) in [6.07, 6.45) is 3.84. The lowest BCUT2D eigenvalue weighted by atomic mass is 10.0. The number of nitrogens with zero attached hydrogens (tertiary/aromatic N) is 4. The van der Waals surface area contributed by atoms with Crippen LogP contribution in [-0.2, 0) is 22.0 Å².